The van der Waals surface area contributed by atoms with E-state index < -0.39 is 23.5 Å². The predicted molar refractivity (Wildman–Crippen MR) is 61.1 cm³/mol. The van der Waals surface area contributed by atoms with E-state index in [0.717, 1.165) is 6.07 Å². The van der Waals surface area contributed by atoms with Crippen LogP contribution in [0.5, 0.6) is 0 Å². The van der Waals surface area contributed by atoms with Crippen LogP contribution in [0, 0.1) is 5.82 Å². The third-order valence-corrected chi connectivity index (χ3v) is 2.24. The van der Waals surface area contributed by atoms with Crippen molar-refractivity contribution in [2.24, 2.45) is 0 Å². The van der Waals surface area contributed by atoms with Gasteiger partial charge in [0.05, 0.1) is 24.3 Å². The second-order valence-electron chi connectivity index (χ2n) is 3.67. The van der Waals surface area contributed by atoms with E-state index in [-0.39, 0.29) is 25.3 Å². The van der Waals surface area contributed by atoms with Gasteiger partial charge in [0, 0.05) is 6.54 Å². The van der Waals surface area contributed by atoms with Gasteiger partial charge in [-0.25, -0.2) is 4.39 Å². The number of nitrogens with one attached hydrogen (secondary N) is 1. The first-order valence-electron chi connectivity index (χ1n) is 5.61. The summed E-state index contributed by atoms with van der Waals surface area (Å²) >= 11 is 0. The van der Waals surface area contributed by atoms with Crippen molar-refractivity contribution >= 4 is 11.7 Å². The number of halogens is 4. The number of carbonyl (C=O) groups excluding carboxylic acids is 1. The lowest BCUT2D eigenvalue weighted by Gasteiger charge is -2.11. The molecule has 0 unspecified atom stereocenters. The Morgan fingerprint density at radius 3 is 2.63 bits per heavy atom. The fraction of sp³-hybridized carbons (Fsp3) is 0.417. The molecule has 0 aliphatic rings. The molecule has 1 aromatic carbocycles. The van der Waals surface area contributed by atoms with Gasteiger partial charge in [-0.3, -0.25) is 4.79 Å². The molecule has 1 aromatic rings. The Labute approximate surface area is 107 Å². The molecule has 0 aliphatic carbocycles. The van der Waals surface area contributed by atoms with E-state index >= 15 is 0 Å². The molecule has 3 nitrogen and oxygen atoms in total. The molecule has 1 rings (SSSR count). The summed E-state index contributed by atoms with van der Waals surface area (Å²) in [4.78, 5) is 11.0. The number of ether oxygens (including phenoxy) is 1. The third kappa shape index (κ3) is 4.76. The van der Waals surface area contributed by atoms with E-state index in [4.69, 9.17) is 0 Å². The van der Waals surface area contributed by atoms with Gasteiger partial charge >= 0.3 is 12.1 Å². The van der Waals surface area contributed by atoms with Gasteiger partial charge in [0.1, 0.15) is 5.82 Å². The Bertz CT molecular complexity index is 446. The van der Waals surface area contributed by atoms with Crippen molar-refractivity contribution in [3.63, 3.8) is 0 Å². The van der Waals surface area contributed by atoms with Crippen LogP contribution in [0.15, 0.2) is 18.2 Å². The molecule has 7 heteroatoms. The summed E-state index contributed by atoms with van der Waals surface area (Å²) in [5.41, 5.74) is -1.24. The fourth-order valence-electron chi connectivity index (χ4n) is 1.37. The van der Waals surface area contributed by atoms with E-state index in [9.17, 15) is 22.4 Å². The van der Waals surface area contributed by atoms with Crippen LogP contribution < -0.4 is 5.32 Å². The van der Waals surface area contributed by atoms with Crippen molar-refractivity contribution in [1.82, 2.24) is 0 Å². The monoisotopic (exact) mass is 279 g/mol. The van der Waals surface area contributed by atoms with Gasteiger partial charge in [-0.2, -0.15) is 13.2 Å². The lowest BCUT2D eigenvalue weighted by atomic mass is 10.2. The lowest BCUT2D eigenvalue weighted by molar-refractivity contribution is -0.142. The Morgan fingerprint density at radius 2 is 2.05 bits per heavy atom. The van der Waals surface area contributed by atoms with Crippen LogP contribution in [0.3, 0.4) is 0 Å². The standard InChI is InChI=1S/C12H13F4NO2/c1-2-19-11(18)5-6-17-10-7-8(12(14,15)16)3-4-9(10)13/h3-4,7,17H,2,5-6H2,1H3. The lowest BCUT2D eigenvalue weighted by Crippen LogP contribution is -2.13. The molecule has 0 atom stereocenters. The Morgan fingerprint density at radius 1 is 1.37 bits per heavy atom. The Hall–Kier alpha value is -1.79. The summed E-state index contributed by atoms with van der Waals surface area (Å²) in [7, 11) is 0. The molecule has 1 N–H and O–H groups in total. The first-order valence-corrected chi connectivity index (χ1v) is 5.61. The van der Waals surface area contributed by atoms with Gasteiger partial charge in [-0.15, -0.1) is 0 Å². The van der Waals surface area contributed by atoms with Crippen molar-refractivity contribution in [3.8, 4) is 0 Å². The molecular weight excluding hydrogens is 266 g/mol. The molecule has 0 radical (unpaired) electrons. The van der Waals surface area contributed by atoms with Crippen LogP contribution >= 0.6 is 0 Å². The minimum absolute atomic E-state index is 0.00291. The van der Waals surface area contributed by atoms with Gasteiger partial charge < -0.3 is 10.1 Å². The number of benzene rings is 1. The molecule has 0 saturated carbocycles. The zero-order chi connectivity index (χ0) is 14.5. The van der Waals surface area contributed by atoms with Crippen LogP contribution in [0.1, 0.15) is 18.9 Å². The molecule has 0 bridgehead atoms. The van der Waals surface area contributed by atoms with Gasteiger partial charge in [0.25, 0.3) is 0 Å². The molecule has 0 amide bonds. The first kappa shape index (κ1) is 15.3. The summed E-state index contributed by atoms with van der Waals surface area (Å²) < 4.78 is 55.2. The molecular formula is C12H13F4NO2. The van der Waals surface area contributed by atoms with E-state index in [1.54, 1.807) is 6.92 Å². The van der Waals surface area contributed by atoms with Gasteiger partial charge in [-0.05, 0) is 25.1 Å². The van der Waals surface area contributed by atoms with Crippen molar-refractivity contribution in [3.05, 3.63) is 29.6 Å². The number of alkyl halides is 3. The number of carbonyl (C=O) groups is 1. The largest absolute Gasteiger partial charge is 0.466 e. The topological polar surface area (TPSA) is 38.3 Å². The molecule has 0 saturated heterocycles. The summed E-state index contributed by atoms with van der Waals surface area (Å²) in [6.45, 7) is 1.85. The molecule has 19 heavy (non-hydrogen) atoms. The molecule has 0 aromatic heterocycles. The maximum atomic E-state index is 13.3. The average molecular weight is 279 g/mol. The molecule has 0 fully saturated rings. The zero-order valence-corrected chi connectivity index (χ0v) is 10.2. The molecule has 0 spiro atoms. The quantitative estimate of drug-likeness (QED) is 0.664. The van der Waals surface area contributed by atoms with Crippen molar-refractivity contribution in [1.29, 1.82) is 0 Å². The minimum Gasteiger partial charge on any atom is -0.466 e. The van der Waals surface area contributed by atoms with Gasteiger partial charge in [0.2, 0.25) is 0 Å². The van der Waals surface area contributed by atoms with E-state index in [0.29, 0.717) is 12.1 Å². The first-order chi connectivity index (χ1) is 8.84. The molecule has 106 valence electrons. The van der Waals surface area contributed by atoms with Crippen molar-refractivity contribution in [2.75, 3.05) is 18.5 Å². The summed E-state index contributed by atoms with van der Waals surface area (Å²) in [6, 6.07) is 2.06. The van der Waals surface area contributed by atoms with Crippen molar-refractivity contribution < 1.29 is 27.1 Å². The van der Waals surface area contributed by atoms with E-state index in [2.05, 4.69) is 10.1 Å². The fourth-order valence-corrected chi connectivity index (χ4v) is 1.37. The highest BCUT2D eigenvalue weighted by atomic mass is 19.4. The van der Waals surface area contributed by atoms with Crippen LogP contribution in [-0.2, 0) is 15.7 Å². The number of hydrogen-bond donors (Lipinski definition) is 1. The SMILES string of the molecule is CCOC(=O)CCNc1cc(C(F)(F)F)ccc1F. The number of anilines is 1. The van der Waals surface area contributed by atoms with Crippen LogP contribution in [0.2, 0.25) is 0 Å². The highest BCUT2D eigenvalue weighted by molar-refractivity contribution is 5.70. The maximum absolute atomic E-state index is 13.3. The van der Waals surface area contributed by atoms with Crippen LogP contribution in [0.25, 0.3) is 0 Å². The maximum Gasteiger partial charge on any atom is 0.416 e. The van der Waals surface area contributed by atoms with Crippen LogP contribution in [0.4, 0.5) is 23.2 Å². The van der Waals surface area contributed by atoms with E-state index in [1.807, 2.05) is 0 Å². The Balaban J connectivity index is 2.65. The second-order valence-corrected chi connectivity index (χ2v) is 3.67. The predicted octanol–water partition coefficient (Wildman–Crippen LogP) is 3.21. The van der Waals surface area contributed by atoms with Gasteiger partial charge in [-0.1, -0.05) is 0 Å². The summed E-state index contributed by atoms with van der Waals surface area (Å²) in [5.74, 6) is -1.31. The smallest absolute Gasteiger partial charge is 0.416 e. The van der Waals surface area contributed by atoms with Crippen molar-refractivity contribution in [2.45, 2.75) is 19.5 Å². The minimum atomic E-state index is -4.54. The second kappa shape index (κ2) is 6.40. The average Bonchev–Trinajstić information content (AvgIpc) is 2.30. The summed E-state index contributed by atoms with van der Waals surface area (Å²) in [6.07, 6.45) is -4.59. The van der Waals surface area contributed by atoms with Gasteiger partial charge in [0.15, 0.2) is 0 Å². The highest BCUT2D eigenvalue weighted by Gasteiger charge is 2.31. The number of esters is 1. The Kier molecular flexibility index (Phi) is 5.14. The zero-order valence-electron chi connectivity index (χ0n) is 10.2. The third-order valence-electron chi connectivity index (χ3n) is 2.24. The molecule has 0 heterocycles. The summed E-state index contributed by atoms with van der Waals surface area (Å²) in [5, 5.41) is 2.44. The van der Waals surface area contributed by atoms with Crippen LogP contribution in [-0.4, -0.2) is 19.1 Å². The number of rotatable bonds is 5. The normalized spacial score (nSPS) is 11.2. The number of hydrogen-bond acceptors (Lipinski definition) is 3. The molecule has 0 aliphatic heterocycles. The van der Waals surface area contributed by atoms with E-state index in [1.165, 1.54) is 0 Å². The highest BCUT2D eigenvalue weighted by Crippen LogP contribution is 2.31.